The van der Waals surface area contributed by atoms with E-state index in [1.807, 2.05) is 44.2 Å². The van der Waals surface area contributed by atoms with E-state index in [0.717, 1.165) is 16.3 Å². The molecule has 3 aromatic rings. The number of rotatable bonds is 4. The van der Waals surface area contributed by atoms with Crippen molar-refractivity contribution in [2.45, 2.75) is 32.9 Å². The molecule has 3 amide bonds. The fraction of sp³-hybridized carbons (Fsp3) is 0.316. The van der Waals surface area contributed by atoms with Crippen LogP contribution in [0, 0.1) is 0 Å². The summed E-state index contributed by atoms with van der Waals surface area (Å²) in [5.41, 5.74) is 2.02. The van der Waals surface area contributed by atoms with Gasteiger partial charge in [-0.1, -0.05) is 29.5 Å². The molecule has 29 heavy (non-hydrogen) atoms. The summed E-state index contributed by atoms with van der Waals surface area (Å²) >= 11 is 1.39. The minimum absolute atomic E-state index is 0.0435. The molecule has 9 nitrogen and oxygen atoms in total. The number of para-hydroxylation sites is 1. The number of hydrogen-bond acceptors (Lipinski definition) is 6. The van der Waals surface area contributed by atoms with Crippen LogP contribution >= 0.6 is 11.3 Å². The van der Waals surface area contributed by atoms with Gasteiger partial charge in [0.1, 0.15) is 0 Å². The molecular formula is C19H21N7O2S. The van der Waals surface area contributed by atoms with Crippen LogP contribution in [0.2, 0.25) is 0 Å². The molecule has 0 bridgehead atoms. The summed E-state index contributed by atoms with van der Waals surface area (Å²) in [5, 5.41) is 14.6. The molecule has 0 atom stereocenters. The van der Waals surface area contributed by atoms with Crippen LogP contribution in [0.1, 0.15) is 34.9 Å². The molecule has 0 saturated carbocycles. The summed E-state index contributed by atoms with van der Waals surface area (Å²) in [6.45, 7) is 4.77. The van der Waals surface area contributed by atoms with E-state index in [2.05, 4.69) is 25.8 Å². The smallest absolute Gasteiger partial charge is 0.321 e. The molecule has 0 radical (unpaired) electrons. The summed E-state index contributed by atoms with van der Waals surface area (Å²) in [4.78, 5) is 33.4. The Balaban J connectivity index is 1.44. The number of aromatic nitrogens is 4. The summed E-state index contributed by atoms with van der Waals surface area (Å²) < 4.78 is 0. The minimum atomic E-state index is -0.281. The number of fused-ring (bicyclic) bond motifs is 1. The molecule has 4 rings (SSSR count). The first kappa shape index (κ1) is 19.1. The van der Waals surface area contributed by atoms with E-state index in [1.54, 1.807) is 4.90 Å². The summed E-state index contributed by atoms with van der Waals surface area (Å²) in [6.07, 6.45) is 2.12. The van der Waals surface area contributed by atoms with E-state index in [1.165, 1.54) is 22.3 Å². The monoisotopic (exact) mass is 411 g/mol. The molecule has 1 aromatic carbocycles. The summed E-state index contributed by atoms with van der Waals surface area (Å²) in [7, 11) is 0. The molecular weight excluding hydrogens is 390 g/mol. The van der Waals surface area contributed by atoms with Crippen molar-refractivity contribution >= 4 is 28.4 Å². The number of carbonyl (C=O) groups excluding carboxylic acids is 2. The third-order valence-electron chi connectivity index (χ3n) is 4.36. The predicted molar refractivity (Wildman–Crippen MR) is 109 cm³/mol. The second-order valence-corrected chi connectivity index (χ2v) is 8.06. The Kier molecular flexibility index (Phi) is 5.26. The quantitative estimate of drug-likeness (QED) is 0.686. The SMILES string of the molecule is CC(C)NC(=O)Nc1nc2c(s1)CN(C(=O)c1cnn(-c3ccccc3)n1)CC2. The molecule has 2 aromatic heterocycles. The van der Waals surface area contributed by atoms with Crippen molar-refractivity contribution in [3.8, 4) is 5.69 Å². The molecule has 0 saturated heterocycles. The van der Waals surface area contributed by atoms with Crippen LogP contribution in [-0.4, -0.2) is 49.4 Å². The topological polar surface area (TPSA) is 105 Å². The van der Waals surface area contributed by atoms with Gasteiger partial charge in [0.15, 0.2) is 10.8 Å². The lowest BCUT2D eigenvalue weighted by molar-refractivity contribution is 0.0729. The maximum Gasteiger partial charge on any atom is 0.321 e. The Bertz CT molecular complexity index is 1030. The van der Waals surface area contributed by atoms with Gasteiger partial charge in [0, 0.05) is 23.9 Å². The van der Waals surface area contributed by atoms with E-state index in [-0.39, 0.29) is 18.0 Å². The number of benzene rings is 1. The molecule has 0 spiro atoms. The van der Waals surface area contributed by atoms with Gasteiger partial charge in [-0.3, -0.25) is 10.1 Å². The highest BCUT2D eigenvalue weighted by atomic mass is 32.1. The Labute approximate surface area is 171 Å². The highest BCUT2D eigenvalue weighted by Crippen LogP contribution is 2.28. The second kappa shape index (κ2) is 8.00. The fourth-order valence-electron chi connectivity index (χ4n) is 3.03. The molecule has 150 valence electrons. The standard InChI is InChI=1S/C19H21N7O2S/c1-12(2)21-18(28)23-19-22-14-8-9-25(11-16(14)29-19)17(27)15-10-20-26(24-15)13-6-4-3-5-7-13/h3-7,10,12H,8-9,11H2,1-2H3,(H2,21,22,23,28). The largest absolute Gasteiger partial charge is 0.336 e. The number of anilines is 1. The number of thiazole rings is 1. The number of urea groups is 1. The van der Waals surface area contributed by atoms with Gasteiger partial charge >= 0.3 is 6.03 Å². The van der Waals surface area contributed by atoms with Gasteiger partial charge in [0.2, 0.25) is 0 Å². The van der Waals surface area contributed by atoms with E-state index in [9.17, 15) is 9.59 Å². The predicted octanol–water partition coefficient (Wildman–Crippen LogP) is 2.45. The molecule has 3 heterocycles. The molecule has 0 fully saturated rings. The van der Waals surface area contributed by atoms with Crippen LogP contribution in [0.3, 0.4) is 0 Å². The van der Waals surface area contributed by atoms with Gasteiger partial charge in [0.25, 0.3) is 5.91 Å². The first-order valence-corrected chi connectivity index (χ1v) is 10.1. The van der Waals surface area contributed by atoms with Crippen LogP contribution in [0.15, 0.2) is 36.5 Å². The first-order chi connectivity index (χ1) is 14.0. The zero-order valence-corrected chi connectivity index (χ0v) is 16.9. The van der Waals surface area contributed by atoms with Gasteiger partial charge in [-0.15, -0.1) is 5.10 Å². The highest BCUT2D eigenvalue weighted by molar-refractivity contribution is 7.15. The van der Waals surface area contributed by atoms with Crippen molar-refractivity contribution in [3.63, 3.8) is 0 Å². The highest BCUT2D eigenvalue weighted by Gasteiger charge is 2.27. The second-order valence-electron chi connectivity index (χ2n) is 6.97. The van der Waals surface area contributed by atoms with E-state index in [4.69, 9.17) is 0 Å². The third kappa shape index (κ3) is 4.27. The van der Waals surface area contributed by atoms with Gasteiger partial charge < -0.3 is 10.2 Å². The molecule has 0 aliphatic carbocycles. The van der Waals surface area contributed by atoms with E-state index >= 15 is 0 Å². The Hall–Kier alpha value is -3.27. The summed E-state index contributed by atoms with van der Waals surface area (Å²) in [6, 6.07) is 9.21. The zero-order valence-electron chi connectivity index (χ0n) is 16.1. The Morgan fingerprint density at radius 3 is 2.76 bits per heavy atom. The average Bonchev–Trinajstić information content (AvgIpc) is 3.33. The summed E-state index contributed by atoms with van der Waals surface area (Å²) in [5.74, 6) is -0.168. The lowest BCUT2D eigenvalue weighted by Crippen LogP contribution is -2.35. The number of carbonyl (C=O) groups is 2. The number of nitrogens with zero attached hydrogens (tertiary/aromatic N) is 5. The normalized spacial score (nSPS) is 13.3. The third-order valence-corrected chi connectivity index (χ3v) is 5.35. The van der Waals surface area contributed by atoms with Crippen molar-refractivity contribution in [3.05, 3.63) is 52.8 Å². The van der Waals surface area contributed by atoms with Gasteiger partial charge in [-0.2, -0.15) is 9.90 Å². The molecule has 0 unspecified atom stereocenters. The van der Waals surface area contributed by atoms with Crippen molar-refractivity contribution in [2.75, 3.05) is 11.9 Å². The average molecular weight is 411 g/mol. The first-order valence-electron chi connectivity index (χ1n) is 9.33. The minimum Gasteiger partial charge on any atom is -0.336 e. The van der Waals surface area contributed by atoms with Crippen LogP contribution in [-0.2, 0) is 13.0 Å². The van der Waals surface area contributed by atoms with Crippen molar-refractivity contribution < 1.29 is 9.59 Å². The lowest BCUT2D eigenvalue weighted by Gasteiger charge is -2.25. The van der Waals surface area contributed by atoms with Gasteiger partial charge in [-0.25, -0.2) is 9.78 Å². The molecule has 1 aliphatic rings. The zero-order chi connectivity index (χ0) is 20.4. The molecule has 1 aliphatic heterocycles. The van der Waals surface area contributed by atoms with Crippen LogP contribution in [0.4, 0.5) is 9.93 Å². The molecule has 2 N–H and O–H groups in total. The van der Waals surface area contributed by atoms with Gasteiger partial charge in [-0.05, 0) is 26.0 Å². The number of nitrogens with one attached hydrogen (secondary N) is 2. The van der Waals surface area contributed by atoms with E-state index < -0.39 is 0 Å². The number of hydrogen-bond donors (Lipinski definition) is 2. The van der Waals surface area contributed by atoms with Crippen molar-refractivity contribution in [1.29, 1.82) is 0 Å². The van der Waals surface area contributed by atoms with Crippen LogP contribution < -0.4 is 10.6 Å². The van der Waals surface area contributed by atoms with Crippen molar-refractivity contribution in [2.24, 2.45) is 0 Å². The molecule has 10 heteroatoms. The van der Waals surface area contributed by atoms with Crippen molar-refractivity contribution in [1.82, 2.24) is 30.2 Å². The van der Waals surface area contributed by atoms with E-state index in [0.29, 0.717) is 30.3 Å². The van der Waals surface area contributed by atoms with Crippen LogP contribution in [0.25, 0.3) is 5.69 Å². The fourth-order valence-corrected chi connectivity index (χ4v) is 4.05. The Morgan fingerprint density at radius 2 is 2.00 bits per heavy atom. The van der Waals surface area contributed by atoms with Crippen LogP contribution in [0.5, 0.6) is 0 Å². The lowest BCUT2D eigenvalue weighted by atomic mass is 10.1. The number of amides is 3. The maximum atomic E-state index is 12.9. The van der Waals surface area contributed by atoms with Gasteiger partial charge in [0.05, 0.1) is 24.1 Å². The Morgan fingerprint density at radius 1 is 1.21 bits per heavy atom. The maximum absolute atomic E-state index is 12.9.